The first-order valence-corrected chi connectivity index (χ1v) is 11.6. The number of rotatable bonds is 3. The van der Waals surface area contributed by atoms with Crippen LogP contribution in [-0.2, 0) is 6.42 Å². The topological polar surface area (TPSA) is 0 Å². The van der Waals surface area contributed by atoms with Crippen molar-refractivity contribution in [1.29, 1.82) is 0 Å². The first kappa shape index (κ1) is 19.4. The van der Waals surface area contributed by atoms with Crippen LogP contribution in [0.15, 0.2) is 72.3 Å². The van der Waals surface area contributed by atoms with Crippen LogP contribution in [0.2, 0.25) is 0 Å². The molecule has 5 rings (SSSR count). The fourth-order valence-corrected chi connectivity index (χ4v) is 5.45. The zero-order chi connectivity index (χ0) is 20.8. The molecule has 2 aliphatic carbocycles. The number of hydrogen-bond donors (Lipinski definition) is 0. The average molecular weight is 393 g/mol. The molecule has 0 fully saturated rings. The SMILES string of the molecule is CCC1C=CC2=C(C1)C(C)Cc1c2ccc2cc(C(C)C)cc(-c3ccccc3)c12. The van der Waals surface area contributed by atoms with E-state index in [1.165, 1.54) is 51.4 Å². The minimum atomic E-state index is 0.522. The lowest BCUT2D eigenvalue weighted by molar-refractivity contribution is 0.545. The monoisotopic (exact) mass is 392 g/mol. The maximum absolute atomic E-state index is 2.45. The van der Waals surface area contributed by atoms with Crippen molar-refractivity contribution in [1.82, 2.24) is 0 Å². The van der Waals surface area contributed by atoms with E-state index < -0.39 is 0 Å². The third-order valence-corrected chi connectivity index (χ3v) is 7.28. The van der Waals surface area contributed by atoms with Crippen LogP contribution in [-0.4, -0.2) is 0 Å². The molecule has 0 heteroatoms. The highest BCUT2D eigenvalue weighted by Crippen LogP contribution is 2.46. The molecule has 0 heterocycles. The van der Waals surface area contributed by atoms with E-state index in [1.807, 2.05) is 0 Å². The van der Waals surface area contributed by atoms with Gasteiger partial charge in [0.05, 0.1) is 0 Å². The lowest BCUT2D eigenvalue weighted by Crippen LogP contribution is -2.18. The van der Waals surface area contributed by atoms with E-state index in [0.717, 1.165) is 6.42 Å². The Labute approximate surface area is 181 Å². The molecule has 0 saturated carbocycles. The lowest BCUT2D eigenvalue weighted by atomic mass is 9.71. The van der Waals surface area contributed by atoms with Crippen molar-refractivity contribution < 1.29 is 0 Å². The molecule has 0 radical (unpaired) electrons. The Morgan fingerprint density at radius 2 is 1.73 bits per heavy atom. The number of allylic oxidation sites excluding steroid dienone is 4. The normalized spacial score (nSPS) is 20.6. The van der Waals surface area contributed by atoms with Crippen LogP contribution in [0, 0.1) is 11.8 Å². The Bertz CT molecular complexity index is 1160. The van der Waals surface area contributed by atoms with Gasteiger partial charge in [-0.15, -0.1) is 0 Å². The van der Waals surface area contributed by atoms with Crippen LogP contribution in [0.25, 0.3) is 27.5 Å². The van der Waals surface area contributed by atoms with E-state index in [-0.39, 0.29) is 0 Å². The summed E-state index contributed by atoms with van der Waals surface area (Å²) in [4.78, 5) is 0. The van der Waals surface area contributed by atoms with Gasteiger partial charge in [-0.05, 0) is 81.2 Å². The van der Waals surface area contributed by atoms with Gasteiger partial charge in [-0.3, -0.25) is 0 Å². The summed E-state index contributed by atoms with van der Waals surface area (Å²) in [6, 6.07) is 20.6. The molecular formula is C30H32. The van der Waals surface area contributed by atoms with Gasteiger partial charge in [-0.1, -0.05) is 100 Å². The van der Waals surface area contributed by atoms with Crippen molar-refractivity contribution in [3.8, 4) is 11.1 Å². The summed E-state index contributed by atoms with van der Waals surface area (Å²) in [5.74, 6) is 1.85. The molecule has 3 aromatic rings. The Morgan fingerprint density at radius 1 is 0.933 bits per heavy atom. The second-order valence-electron chi connectivity index (χ2n) is 9.55. The largest absolute Gasteiger partial charge is 0.0805 e. The van der Waals surface area contributed by atoms with Crippen molar-refractivity contribution in [3.63, 3.8) is 0 Å². The van der Waals surface area contributed by atoms with Crippen LogP contribution < -0.4 is 0 Å². The molecule has 152 valence electrons. The molecule has 0 N–H and O–H groups in total. The fourth-order valence-electron chi connectivity index (χ4n) is 5.45. The molecule has 30 heavy (non-hydrogen) atoms. The first-order chi connectivity index (χ1) is 14.6. The summed E-state index contributed by atoms with van der Waals surface area (Å²) in [5, 5.41) is 2.86. The van der Waals surface area contributed by atoms with Gasteiger partial charge >= 0.3 is 0 Å². The van der Waals surface area contributed by atoms with Crippen molar-refractivity contribution in [2.24, 2.45) is 11.8 Å². The second kappa shape index (κ2) is 7.58. The number of fused-ring (bicyclic) bond motifs is 4. The predicted octanol–water partition coefficient (Wildman–Crippen LogP) is 8.56. The Morgan fingerprint density at radius 3 is 2.47 bits per heavy atom. The molecular weight excluding hydrogens is 360 g/mol. The Balaban J connectivity index is 1.79. The van der Waals surface area contributed by atoms with Crippen molar-refractivity contribution in [3.05, 3.63) is 89.0 Å². The van der Waals surface area contributed by atoms with Gasteiger partial charge in [-0.2, -0.15) is 0 Å². The molecule has 0 saturated heterocycles. The highest BCUT2D eigenvalue weighted by Gasteiger charge is 2.28. The maximum Gasteiger partial charge on any atom is -0.00667 e. The molecule has 2 aliphatic rings. The van der Waals surface area contributed by atoms with Crippen LogP contribution in [0.5, 0.6) is 0 Å². The van der Waals surface area contributed by atoms with Crippen LogP contribution >= 0.6 is 0 Å². The predicted molar refractivity (Wildman–Crippen MR) is 131 cm³/mol. The van der Waals surface area contributed by atoms with Gasteiger partial charge < -0.3 is 0 Å². The van der Waals surface area contributed by atoms with Crippen molar-refractivity contribution in [2.45, 2.75) is 52.9 Å². The van der Waals surface area contributed by atoms with E-state index in [1.54, 1.807) is 11.1 Å². The molecule has 0 aromatic heterocycles. The third-order valence-electron chi connectivity index (χ3n) is 7.28. The smallest absolute Gasteiger partial charge is 0.00667 e. The Hall–Kier alpha value is -2.60. The second-order valence-corrected chi connectivity index (χ2v) is 9.55. The molecule has 0 spiro atoms. The molecule has 0 bridgehead atoms. The van der Waals surface area contributed by atoms with Gasteiger partial charge in [0.2, 0.25) is 0 Å². The summed E-state index contributed by atoms with van der Waals surface area (Å²) >= 11 is 0. The van der Waals surface area contributed by atoms with Gasteiger partial charge in [0.25, 0.3) is 0 Å². The standard InChI is InChI=1S/C30H32/c1-5-21-11-13-25-26-14-12-23-17-24(19(2)3)18-28(22-9-7-6-8-10-22)30(23)29(26)15-20(4)27(25)16-21/h6-14,17-21H,5,15-16H2,1-4H3. The average Bonchev–Trinajstić information content (AvgIpc) is 2.78. The molecule has 0 aliphatic heterocycles. The minimum absolute atomic E-state index is 0.522. The fraction of sp³-hybridized carbons (Fsp3) is 0.333. The van der Waals surface area contributed by atoms with Crippen LogP contribution in [0.3, 0.4) is 0 Å². The Kier molecular flexibility index (Phi) is 4.89. The van der Waals surface area contributed by atoms with Crippen LogP contribution in [0.1, 0.15) is 63.1 Å². The molecule has 3 aromatic carbocycles. The van der Waals surface area contributed by atoms with Crippen molar-refractivity contribution in [2.75, 3.05) is 0 Å². The van der Waals surface area contributed by atoms with Gasteiger partial charge in [0.15, 0.2) is 0 Å². The molecule has 2 atom stereocenters. The van der Waals surface area contributed by atoms with Crippen LogP contribution in [0.4, 0.5) is 0 Å². The van der Waals surface area contributed by atoms with E-state index in [0.29, 0.717) is 17.8 Å². The van der Waals surface area contributed by atoms with E-state index in [2.05, 4.69) is 94.4 Å². The number of benzene rings is 3. The number of hydrogen-bond acceptors (Lipinski definition) is 0. The summed E-state index contributed by atoms with van der Waals surface area (Å²) in [7, 11) is 0. The third kappa shape index (κ3) is 3.14. The van der Waals surface area contributed by atoms with Gasteiger partial charge in [0, 0.05) is 0 Å². The maximum atomic E-state index is 2.45. The highest BCUT2D eigenvalue weighted by molar-refractivity contribution is 6.03. The summed E-state index contributed by atoms with van der Waals surface area (Å²) in [5.41, 5.74) is 10.3. The van der Waals surface area contributed by atoms with E-state index in [9.17, 15) is 0 Å². The zero-order valence-electron chi connectivity index (χ0n) is 18.7. The van der Waals surface area contributed by atoms with Gasteiger partial charge in [0.1, 0.15) is 0 Å². The molecule has 0 nitrogen and oxygen atoms in total. The summed E-state index contributed by atoms with van der Waals surface area (Å²) in [6.07, 6.45) is 8.50. The summed E-state index contributed by atoms with van der Waals surface area (Å²) < 4.78 is 0. The minimum Gasteiger partial charge on any atom is -0.0805 e. The molecule has 2 unspecified atom stereocenters. The molecule has 0 amide bonds. The van der Waals surface area contributed by atoms with Gasteiger partial charge in [-0.25, -0.2) is 0 Å². The van der Waals surface area contributed by atoms with E-state index in [4.69, 9.17) is 0 Å². The van der Waals surface area contributed by atoms with Crippen molar-refractivity contribution >= 4 is 16.3 Å². The zero-order valence-corrected chi connectivity index (χ0v) is 18.7. The first-order valence-electron chi connectivity index (χ1n) is 11.6. The lowest BCUT2D eigenvalue weighted by Gasteiger charge is -2.33. The quantitative estimate of drug-likeness (QED) is 0.419. The summed E-state index contributed by atoms with van der Waals surface area (Å²) in [6.45, 7) is 9.34. The highest BCUT2D eigenvalue weighted by atomic mass is 14.3. The van der Waals surface area contributed by atoms with E-state index >= 15 is 0 Å².